The summed E-state index contributed by atoms with van der Waals surface area (Å²) in [5, 5.41) is 37.0. The highest BCUT2D eigenvalue weighted by Gasteiger charge is 2.40. The summed E-state index contributed by atoms with van der Waals surface area (Å²) >= 11 is 6.17. The molecule has 2 atom stereocenters. The van der Waals surface area contributed by atoms with Gasteiger partial charge in [0, 0.05) is 23.0 Å². The Labute approximate surface area is 531 Å². The fraction of sp³-hybridized carbons (Fsp3) is 0.633. The number of rotatable bonds is 44. The zero-order chi connectivity index (χ0) is 62.6. The topological polar surface area (TPSA) is 301 Å². The molecule has 88 heavy (non-hydrogen) atoms. The van der Waals surface area contributed by atoms with Crippen LogP contribution in [0.15, 0.2) is 57.1 Å². The highest BCUT2D eigenvalue weighted by Crippen LogP contribution is 2.47. The molecule has 0 radical (unpaired) electrons. The fourth-order valence-electron chi connectivity index (χ4n) is 9.08. The Kier molecular flexibility index (Phi) is 31.1. The average molecular weight is 1310 g/mol. The molecule has 8 bridgehead atoms. The normalized spacial score (nSPS) is 16.1. The van der Waals surface area contributed by atoms with Crippen molar-refractivity contribution in [1.29, 1.82) is 0 Å². The Balaban J connectivity index is 1.54. The van der Waals surface area contributed by atoms with Crippen LogP contribution in [0.25, 0.3) is 32.3 Å². The maximum absolute atomic E-state index is 9.26. The van der Waals surface area contributed by atoms with Gasteiger partial charge in [0.1, 0.15) is 63.3 Å². The minimum Gasteiger partial charge on any atom is -0.494 e. The number of aromatic nitrogens is 8. The summed E-state index contributed by atoms with van der Waals surface area (Å²) in [5.74, 6) is 4.72. The van der Waals surface area contributed by atoms with Crippen molar-refractivity contribution in [2.75, 3.05) is 155 Å². The van der Waals surface area contributed by atoms with Gasteiger partial charge in [0.05, 0.1) is 187 Å². The van der Waals surface area contributed by atoms with Crippen LogP contribution < -0.4 is 11.0 Å². The van der Waals surface area contributed by atoms with Crippen LogP contribution in [-0.2, 0) is 56.8 Å². The predicted octanol–water partition coefficient (Wildman–Crippen LogP) is 5.33. The lowest BCUT2D eigenvalue weighted by Crippen LogP contribution is -2.20. The van der Waals surface area contributed by atoms with Gasteiger partial charge in [-0.3, -0.25) is 0 Å². The van der Waals surface area contributed by atoms with Crippen molar-refractivity contribution in [3.8, 4) is 0 Å². The van der Waals surface area contributed by atoms with E-state index in [1.807, 2.05) is 79.7 Å². The lowest BCUT2D eigenvalue weighted by atomic mass is 9.92. The third-order valence-corrected chi connectivity index (χ3v) is 16.8. The number of nitrogens with zero attached hydrogens (tertiary/aromatic N) is 6. The van der Waals surface area contributed by atoms with Crippen LogP contribution in [0, 0.1) is 0 Å². The summed E-state index contributed by atoms with van der Waals surface area (Å²) in [6, 6.07) is 0. The van der Waals surface area contributed by atoms with Gasteiger partial charge in [-0.2, -0.15) is 0 Å². The molecule has 0 amide bonds. The molecule has 488 valence electrons. The molecule has 2 aliphatic carbocycles. The standard InChI is InChI=1S/C60H88N8O16S4/c1-37(2)81-41-9-10-42(82-38(3)4)46-45(41)53-61-54(46)64-58-51(87-35-31-79-27-23-75-19-15-71)52(88-36-32-80-28-24-76-20-16-72)60(68-58)66-56-48-44(84-40(7)8)12-11-43(83-39(5)6)47(48)55(62-56)65-59-50(86-34-30-78-26-22-74-18-14-70)49(57(63-53)67-59)85-33-29-77-25-21-73-17-13-69/h9-12,37-40,45,47,69-72H,13-36H2,1-8H3,(H,64,66,68)(H,61,62,63,65,67). The number of hydrogen-bond donors (Lipinski definition) is 6. The van der Waals surface area contributed by atoms with Crippen LogP contribution in [0.2, 0.25) is 0 Å². The molecule has 0 spiro atoms. The first-order valence-electron chi connectivity index (χ1n) is 30.0. The summed E-state index contributed by atoms with van der Waals surface area (Å²) in [4.78, 5) is 43.2. The number of aliphatic hydroxyl groups is 4. The Hall–Kier alpha value is -4.34. The van der Waals surface area contributed by atoms with E-state index in [1.165, 1.54) is 23.5 Å². The number of H-pyrrole nitrogens is 2. The van der Waals surface area contributed by atoms with Gasteiger partial charge < -0.3 is 87.2 Å². The molecule has 2 aromatic rings. The molecular weight excluding hydrogens is 1220 g/mol. The number of aliphatic hydroxyl groups excluding tert-OH is 4. The van der Waals surface area contributed by atoms with Gasteiger partial charge in [-0.15, -0.1) is 47.0 Å². The SMILES string of the molecule is CC(C)OC1=CC=C(OC(C)C)C2C1=c1nc2nc2nc(nc3[nH]c(nc4[nH]c(n1)c(SCCOCCOCCO)c4SCCOCCOCCO)=C1C(OC(C)C)=CC=C(OC(C)C)C13)C(SCCOCCOCCO)=C2SCCOCCOCCO. The lowest BCUT2D eigenvalue weighted by molar-refractivity contribution is 0.0377. The summed E-state index contributed by atoms with van der Waals surface area (Å²) in [6.45, 7) is 20.6. The van der Waals surface area contributed by atoms with E-state index >= 15 is 0 Å². The zero-order valence-corrected chi connectivity index (χ0v) is 55.0. The molecule has 6 N–H and O–H groups in total. The van der Waals surface area contributed by atoms with Crippen molar-refractivity contribution in [2.24, 2.45) is 0 Å². The van der Waals surface area contributed by atoms with Gasteiger partial charge in [0.2, 0.25) is 0 Å². The first-order valence-corrected chi connectivity index (χ1v) is 33.9. The average Bonchev–Trinajstić information content (AvgIpc) is 1.64. The largest absolute Gasteiger partial charge is 0.494 e. The molecule has 7 rings (SSSR count). The first-order chi connectivity index (χ1) is 42.8. The quantitative estimate of drug-likeness (QED) is 0.0361. The van der Waals surface area contributed by atoms with E-state index in [0.717, 1.165) is 19.6 Å². The molecule has 5 aliphatic rings. The second-order valence-corrected chi connectivity index (χ2v) is 25.2. The molecule has 0 aromatic carbocycles. The Morgan fingerprint density at radius 1 is 0.398 bits per heavy atom. The number of ether oxygens (including phenoxy) is 12. The van der Waals surface area contributed by atoms with Crippen LogP contribution in [0.1, 0.15) is 90.5 Å². The molecule has 28 heteroatoms. The number of aromatic amines is 2. The van der Waals surface area contributed by atoms with Crippen LogP contribution in [0.5, 0.6) is 0 Å². The van der Waals surface area contributed by atoms with Crippen molar-refractivity contribution in [3.63, 3.8) is 0 Å². The smallest absolute Gasteiger partial charge is 0.171 e. The second-order valence-electron chi connectivity index (χ2n) is 20.7. The number of nitrogens with one attached hydrogen (secondary N) is 2. The fourth-order valence-corrected chi connectivity index (χ4v) is 13.2. The molecule has 3 aliphatic heterocycles. The maximum Gasteiger partial charge on any atom is 0.171 e. The van der Waals surface area contributed by atoms with E-state index in [4.69, 9.17) is 86.7 Å². The first kappa shape index (κ1) is 71.1. The van der Waals surface area contributed by atoms with Crippen molar-refractivity contribution >= 4 is 79.3 Å². The van der Waals surface area contributed by atoms with Crippen LogP contribution >= 0.6 is 47.0 Å². The van der Waals surface area contributed by atoms with E-state index in [9.17, 15) is 20.4 Å². The molecule has 0 fully saturated rings. The van der Waals surface area contributed by atoms with E-state index in [1.54, 1.807) is 23.5 Å². The Bertz CT molecular complexity index is 2850. The van der Waals surface area contributed by atoms with E-state index < -0.39 is 11.8 Å². The van der Waals surface area contributed by atoms with Crippen LogP contribution in [-0.4, -0.2) is 240 Å². The minimum atomic E-state index is -0.677. The van der Waals surface area contributed by atoms with E-state index in [-0.39, 0.29) is 77.3 Å². The van der Waals surface area contributed by atoms with Gasteiger partial charge in [0.25, 0.3) is 0 Å². The summed E-state index contributed by atoms with van der Waals surface area (Å²) in [6.07, 6.45) is 6.78. The van der Waals surface area contributed by atoms with Gasteiger partial charge in [-0.1, -0.05) is 0 Å². The van der Waals surface area contributed by atoms with Crippen LogP contribution in [0.3, 0.4) is 0 Å². The molecule has 2 unspecified atom stereocenters. The lowest BCUT2D eigenvalue weighted by Gasteiger charge is -2.26. The summed E-state index contributed by atoms with van der Waals surface area (Å²) < 4.78 is 72.7. The van der Waals surface area contributed by atoms with E-state index in [2.05, 4.69) is 9.97 Å². The maximum atomic E-state index is 9.26. The third kappa shape index (κ3) is 21.4. The number of fused-ring (bicyclic) bond motifs is 12. The highest BCUT2D eigenvalue weighted by molar-refractivity contribution is 8.13. The predicted molar refractivity (Wildman–Crippen MR) is 340 cm³/mol. The summed E-state index contributed by atoms with van der Waals surface area (Å²) in [5.41, 5.74) is 3.13. The molecule has 5 heterocycles. The van der Waals surface area contributed by atoms with Gasteiger partial charge in [-0.25, -0.2) is 29.9 Å². The highest BCUT2D eigenvalue weighted by atomic mass is 32.2. The van der Waals surface area contributed by atoms with Crippen molar-refractivity contribution in [2.45, 2.75) is 101 Å². The third-order valence-electron chi connectivity index (χ3n) is 12.4. The molecule has 24 nitrogen and oxygen atoms in total. The van der Waals surface area contributed by atoms with Gasteiger partial charge in [-0.05, 0) is 79.7 Å². The Morgan fingerprint density at radius 3 is 1.24 bits per heavy atom. The zero-order valence-electron chi connectivity index (χ0n) is 51.7. The van der Waals surface area contributed by atoms with Crippen molar-refractivity contribution in [1.82, 2.24) is 39.9 Å². The minimum absolute atomic E-state index is 0.0726. The van der Waals surface area contributed by atoms with Crippen LogP contribution in [0.4, 0.5) is 0 Å². The van der Waals surface area contributed by atoms with Crippen molar-refractivity contribution in [3.05, 3.63) is 81.6 Å². The van der Waals surface area contributed by atoms with Gasteiger partial charge in [0.15, 0.2) is 17.1 Å². The molecule has 0 saturated carbocycles. The number of allylic oxidation sites excluding steroid dienone is 8. The van der Waals surface area contributed by atoms with Crippen molar-refractivity contribution < 1.29 is 77.3 Å². The second kappa shape index (κ2) is 38.5. The van der Waals surface area contributed by atoms with E-state index in [0.29, 0.717) is 182 Å². The monoisotopic (exact) mass is 1300 g/mol. The Morgan fingerprint density at radius 2 is 0.795 bits per heavy atom. The molecular formula is C60H88N8O16S4. The molecule has 2 aromatic heterocycles. The number of hydrogen-bond acceptors (Lipinski definition) is 26. The van der Waals surface area contributed by atoms with Gasteiger partial charge >= 0.3 is 0 Å². The summed E-state index contributed by atoms with van der Waals surface area (Å²) in [7, 11) is 0. The molecule has 0 saturated heterocycles. The number of thioether (sulfide) groups is 4.